The van der Waals surface area contributed by atoms with Crippen molar-refractivity contribution in [3.05, 3.63) is 0 Å². The Morgan fingerprint density at radius 3 is 2.14 bits per heavy atom. The van der Waals surface area contributed by atoms with Crippen molar-refractivity contribution >= 4 is 30.7 Å². The summed E-state index contributed by atoms with van der Waals surface area (Å²) in [5, 5.41) is 2.85. The molecule has 1 fully saturated rings. The van der Waals surface area contributed by atoms with E-state index in [9.17, 15) is 22.4 Å². The van der Waals surface area contributed by atoms with Crippen LogP contribution < -0.4 is 5.32 Å². The quantitative estimate of drug-likeness (QED) is 0.731. The third kappa shape index (κ3) is 7.49. The average Bonchev–Trinajstić information content (AvgIpc) is 2.36. The van der Waals surface area contributed by atoms with Gasteiger partial charge in [0.05, 0.1) is 6.54 Å². The Morgan fingerprint density at radius 1 is 1.19 bits per heavy atom. The molecule has 0 aromatic carbocycles. The number of carbonyl (C=O) groups is 1. The van der Waals surface area contributed by atoms with Crippen molar-refractivity contribution in [3.63, 3.8) is 0 Å². The van der Waals surface area contributed by atoms with Crippen LogP contribution in [-0.4, -0.2) is 74.4 Å². The van der Waals surface area contributed by atoms with E-state index in [1.807, 2.05) is 0 Å². The molecule has 1 aliphatic rings. The Bertz CT molecular complexity index is 303. The maximum Gasteiger partial charge on any atom is 0.319 e. The fourth-order valence-corrected chi connectivity index (χ4v) is 1.91. The molecule has 0 saturated carbocycles. The number of amides is 1. The van der Waals surface area contributed by atoms with Crippen LogP contribution >= 0.6 is 24.8 Å². The second-order valence-electron chi connectivity index (χ2n) is 4.57. The number of carbonyl (C=O) groups excluding carboxylic acids is 1. The molecular weight excluding hydrogens is 337 g/mol. The number of alkyl halides is 4. The molecule has 0 bridgehead atoms. The van der Waals surface area contributed by atoms with Crippen LogP contribution in [0.25, 0.3) is 0 Å². The van der Waals surface area contributed by atoms with Gasteiger partial charge in [-0.2, -0.15) is 8.78 Å². The summed E-state index contributed by atoms with van der Waals surface area (Å²) in [6.07, 6.45) is -3.30. The van der Waals surface area contributed by atoms with Gasteiger partial charge in [0.25, 0.3) is 0 Å². The highest BCUT2D eigenvalue weighted by Gasteiger charge is 2.42. The lowest BCUT2D eigenvalue weighted by molar-refractivity contribution is -0.148. The van der Waals surface area contributed by atoms with Gasteiger partial charge in [0.15, 0.2) is 0 Å². The van der Waals surface area contributed by atoms with E-state index in [-0.39, 0.29) is 43.8 Å². The summed E-state index contributed by atoms with van der Waals surface area (Å²) < 4.78 is 49.9. The smallest absolute Gasteiger partial charge is 0.319 e. The molecule has 0 aromatic heterocycles. The number of rotatable bonds is 6. The first kappa shape index (κ1) is 23.0. The van der Waals surface area contributed by atoms with Gasteiger partial charge < -0.3 is 10.2 Å². The van der Waals surface area contributed by atoms with E-state index in [0.29, 0.717) is 26.1 Å². The molecule has 0 aromatic rings. The highest BCUT2D eigenvalue weighted by atomic mass is 35.5. The number of halogens is 6. The van der Waals surface area contributed by atoms with E-state index in [0.717, 1.165) is 0 Å². The van der Waals surface area contributed by atoms with E-state index in [1.54, 1.807) is 11.9 Å². The van der Waals surface area contributed by atoms with Crippen LogP contribution in [0.1, 0.15) is 6.42 Å². The van der Waals surface area contributed by atoms with Gasteiger partial charge in [-0.25, -0.2) is 8.78 Å². The SMILES string of the molecule is CNCCC(=O)N1CCN(CC(F)(F)C(F)F)CC1.Cl.Cl. The van der Waals surface area contributed by atoms with Gasteiger partial charge in [0, 0.05) is 39.1 Å². The zero-order valence-corrected chi connectivity index (χ0v) is 13.3. The maximum absolute atomic E-state index is 12.9. The molecule has 0 spiro atoms. The van der Waals surface area contributed by atoms with Gasteiger partial charge in [-0.3, -0.25) is 9.69 Å². The van der Waals surface area contributed by atoms with Crippen molar-refractivity contribution in [1.82, 2.24) is 15.1 Å². The van der Waals surface area contributed by atoms with Crippen molar-refractivity contribution in [2.45, 2.75) is 18.8 Å². The monoisotopic (exact) mass is 357 g/mol. The summed E-state index contributed by atoms with van der Waals surface area (Å²) in [5.74, 6) is -4.03. The average molecular weight is 358 g/mol. The Kier molecular flexibility index (Phi) is 11.4. The summed E-state index contributed by atoms with van der Waals surface area (Å²) in [7, 11) is 1.73. The van der Waals surface area contributed by atoms with Crippen LogP contribution in [0.3, 0.4) is 0 Å². The van der Waals surface area contributed by atoms with Crippen LogP contribution in [0.5, 0.6) is 0 Å². The fraction of sp³-hybridized carbons (Fsp3) is 0.909. The van der Waals surface area contributed by atoms with E-state index < -0.39 is 18.9 Å². The standard InChI is InChI=1S/C11H19F4N3O.2ClH/c1-16-3-2-9(19)18-6-4-17(5-7-18)8-11(14,15)10(12)13;;/h10,16H,2-8H2,1H3;2*1H. The predicted molar refractivity (Wildman–Crippen MR) is 77.0 cm³/mol. The molecule has 1 aliphatic heterocycles. The first-order chi connectivity index (χ1) is 8.86. The highest BCUT2D eigenvalue weighted by Crippen LogP contribution is 2.24. The largest absolute Gasteiger partial charge is 0.340 e. The number of nitrogens with one attached hydrogen (secondary N) is 1. The van der Waals surface area contributed by atoms with Gasteiger partial charge in [-0.1, -0.05) is 0 Å². The van der Waals surface area contributed by atoms with Crippen molar-refractivity contribution in [2.75, 3.05) is 46.3 Å². The zero-order chi connectivity index (χ0) is 14.5. The summed E-state index contributed by atoms with van der Waals surface area (Å²) in [6.45, 7) is 0.622. The minimum atomic E-state index is -3.99. The molecule has 21 heavy (non-hydrogen) atoms. The Balaban J connectivity index is 0. The lowest BCUT2D eigenvalue weighted by Gasteiger charge is -2.36. The van der Waals surface area contributed by atoms with Crippen LogP contribution in [0.2, 0.25) is 0 Å². The molecule has 1 rings (SSSR count). The number of piperazine rings is 1. The van der Waals surface area contributed by atoms with E-state index in [1.165, 1.54) is 4.90 Å². The van der Waals surface area contributed by atoms with Crippen LogP contribution in [0.4, 0.5) is 17.6 Å². The molecular formula is C11H21Cl2F4N3O. The summed E-state index contributed by atoms with van der Waals surface area (Å²) in [4.78, 5) is 14.5. The van der Waals surface area contributed by atoms with Crippen LogP contribution in [-0.2, 0) is 4.79 Å². The highest BCUT2D eigenvalue weighted by molar-refractivity contribution is 5.85. The van der Waals surface area contributed by atoms with Crippen molar-refractivity contribution in [1.29, 1.82) is 0 Å². The zero-order valence-electron chi connectivity index (χ0n) is 11.7. The third-order valence-corrected chi connectivity index (χ3v) is 3.07. The Morgan fingerprint density at radius 2 is 1.71 bits per heavy atom. The van der Waals surface area contributed by atoms with Gasteiger partial charge in [-0.05, 0) is 7.05 Å². The Hall–Kier alpha value is -0.310. The molecule has 1 amide bonds. The maximum atomic E-state index is 12.9. The molecule has 0 radical (unpaired) electrons. The first-order valence-electron chi connectivity index (χ1n) is 6.17. The van der Waals surface area contributed by atoms with Crippen LogP contribution in [0.15, 0.2) is 0 Å². The van der Waals surface area contributed by atoms with Crippen molar-refractivity contribution in [3.8, 4) is 0 Å². The van der Waals surface area contributed by atoms with Gasteiger partial charge in [0.2, 0.25) is 5.91 Å². The molecule has 128 valence electrons. The van der Waals surface area contributed by atoms with Gasteiger partial charge in [-0.15, -0.1) is 24.8 Å². The summed E-state index contributed by atoms with van der Waals surface area (Å²) >= 11 is 0. The normalized spacial score (nSPS) is 16.4. The Labute approximate surface area is 134 Å². The summed E-state index contributed by atoms with van der Waals surface area (Å²) in [6, 6.07) is 0. The van der Waals surface area contributed by atoms with E-state index in [2.05, 4.69) is 5.32 Å². The topological polar surface area (TPSA) is 35.6 Å². The van der Waals surface area contributed by atoms with Gasteiger partial charge >= 0.3 is 12.3 Å². The first-order valence-corrected chi connectivity index (χ1v) is 6.17. The summed E-state index contributed by atoms with van der Waals surface area (Å²) in [5.41, 5.74) is 0. The third-order valence-electron chi connectivity index (χ3n) is 3.07. The lowest BCUT2D eigenvalue weighted by Crippen LogP contribution is -2.52. The van der Waals surface area contributed by atoms with Crippen molar-refractivity contribution < 1.29 is 22.4 Å². The second-order valence-corrected chi connectivity index (χ2v) is 4.57. The van der Waals surface area contributed by atoms with E-state index >= 15 is 0 Å². The second kappa shape index (κ2) is 10.4. The number of hydrogen-bond donors (Lipinski definition) is 1. The number of hydrogen-bond acceptors (Lipinski definition) is 3. The molecule has 0 atom stereocenters. The molecule has 1 N–H and O–H groups in total. The predicted octanol–water partition coefficient (Wildman–Crippen LogP) is 1.48. The van der Waals surface area contributed by atoms with Crippen LogP contribution in [0, 0.1) is 0 Å². The number of nitrogens with zero attached hydrogens (tertiary/aromatic N) is 2. The molecule has 1 saturated heterocycles. The van der Waals surface area contributed by atoms with E-state index in [4.69, 9.17) is 0 Å². The molecule has 1 heterocycles. The van der Waals surface area contributed by atoms with Gasteiger partial charge in [0.1, 0.15) is 0 Å². The lowest BCUT2D eigenvalue weighted by atomic mass is 10.2. The molecule has 4 nitrogen and oxygen atoms in total. The molecule has 10 heteroatoms. The minimum Gasteiger partial charge on any atom is -0.340 e. The molecule has 0 aliphatic carbocycles. The van der Waals surface area contributed by atoms with Crippen molar-refractivity contribution in [2.24, 2.45) is 0 Å². The fourth-order valence-electron chi connectivity index (χ4n) is 1.91. The minimum absolute atomic E-state index is 0. The molecule has 0 unspecified atom stereocenters.